The first-order valence-electron chi connectivity index (χ1n) is 7.35. The minimum Gasteiger partial charge on any atom is -0.377 e. The summed E-state index contributed by atoms with van der Waals surface area (Å²) in [5.41, 5.74) is -0.720. The monoisotopic (exact) mass is 248 g/mol. The SMILES string of the molecule is C#CC1(O)C(C)CCC2(C)C(C)(C)CCC[C@]12C. The topological polar surface area (TPSA) is 20.2 Å². The van der Waals surface area contributed by atoms with E-state index in [0.29, 0.717) is 0 Å². The van der Waals surface area contributed by atoms with Crippen LogP contribution in [-0.4, -0.2) is 10.7 Å². The van der Waals surface area contributed by atoms with Crippen molar-refractivity contribution in [2.45, 2.75) is 72.3 Å². The lowest BCUT2D eigenvalue weighted by Crippen LogP contribution is -2.66. The summed E-state index contributed by atoms with van der Waals surface area (Å²) < 4.78 is 0. The van der Waals surface area contributed by atoms with Gasteiger partial charge >= 0.3 is 0 Å². The van der Waals surface area contributed by atoms with E-state index < -0.39 is 5.60 Å². The summed E-state index contributed by atoms with van der Waals surface area (Å²) in [7, 11) is 0. The molecule has 0 heterocycles. The molecule has 0 aliphatic heterocycles. The lowest BCUT2D eigenvalue weighted by Gasteiger charge is -2.67. The van der Waals surface area contributed by atoms with Gasteiger partial charge in [0.15, 0.2) is 0 Å². The van der Waals surface area contributed by atoms with Crippen molar-refractivity contribution in [2.24, 2.45) is 22.2 Å². The van der Waals surface area contributed by atoms with Gasteiger partial charge in [-0.2, -0.15) is 0 Å². The zero-order valence-corrected chi connectivity index (χ0v) is 12.6. The van der Waals surface area contributed by atoms with E-state index in [1.54, 1.807) is 0 Å². The minimum absolute atomic E-state index is 0.131. The third-order valence-electron chi connectivity index (χ3n) is 7.04. The van der Waals surface area contributed by atoms with Gasteiger partial charge in [-0.05, 0) is 42.4 Å². The van der Waals surface area contributed by atoms with E-state index in [2.05, 4.69) is 40.5 Å². The number of fused-ring (bicyclic) bond motifs is 1. The van der Waals surface area contributed by atoms with Crippen LogP contribution in [0.15, 0.2) is 0 Å². The Bertz CT molecular complexity index is 391. The van der Waals surface area contributed by atoms with E-state index in [1.165, 1.54) is 19.3 Å². The van der Waals surface area contributed by atoms with Crippen molar-refractivity contribution in [1.82, 2.24) is 0 Å². The maximum Gasteiger partial charge on any atom is 0.133 e. The molecule has 0 saturated heterocycles. The van der Waals surface area contributed by atoms with Gasteiger partial charge in [-0.25, -0.2) is 0 Å². The first-order valence-corrected chi connectivity index (χ1v) is 7.35. The van der Waals surface area contributed by atoms with Crippen LogP contribution in [-0.2, 0) is 0 Å². The van der Waals surface area contributed by atoms with Crippen LogP contribution < -0.4 is 0 Å². The molecule has 0 amide bonds. The molecule has 18 heavy (non-hydrogen) atoms. The van der Waals surface area contributed by atoms with Crippen LogP contribution in [0, 0.1) is 34.5 Å². The Morgan fingerprint density at radius 2 is 1.67 bits per heavy atom. The third kappa shape index (κ3) is 1.33. The number of rotatable bonds is 0. The summed E-state index contributed by atoms with van der Waals surface area (Å²) in [6.07, 6.45) is 11.5. The van der Waals surface area contributed by atoms with Crippen LogP contribution in [0.1, 0.15) is 66.7 Å². The molecule has 2 aliphatic carbocycles. The van der Waals surface area contributed by atoms with Crippen LogP contribution in [0.4, 0.5) is 0 Å². The Kier molecular flexibility index (Phi) is 2.91. The van der Waals surface area contributed by atoms with E-state index in [4.69, 9.17) is 6.42 Å². The average molecular weight is 248 g/mol. The van der Waals surface area contributed by atoms with Gasteiger partial charge in [0.05, 0.1) is 0 Å². The molecule has 0 spiro atoms. The average Bonchev–Trinajstić information content (AvgIpc) is 2.30. The number of hydrogen-bond donors (Lipinski definition) is 1. The molecule has 102 valence electrons. The lowest BCUT2D eigenvalue weighted by molar-refractivity contribution is -0.227. The fourth-order valence-corrected chi connectivity index (χ4v) is 4.97. The summed E-state index contributed by atoms with van der Waals surface area (Å²) >= 11 is 0. The van der Waals surface area contributed by atoms with E-state index >= 15 is 0 Å². The van der Waals surface area contributed by atoms with Crippen molar-refractivity contribution in [3.05, 3.63) is 0 Å². The first kappa shape index (κ1) is 13.9. The highest BCUT2D eigenvalue weighted by molar-refractivity contribution is 5.26. The van der Waals surface area contributed by atoms with E-state index in [0.717, 1.165) is 12.8 Å². The van der Waals surface area contributed by atoms with Gasteiger partial charge < -0.3 is 5.11 Å². The number of aliphatic hydroxyl groups is 1. The van der Waals surface area contributed by atoms with Gasteiger partial charge in [0.25, 0.3) is 0 Å². The minimum atomic E-state index is -0.947. The molecule has 2 rings (SSSR count). The van der Waals surface area contributed by atoms with Crippen LogP contribution >= 0.6 is 0 Å². The molecule has 0 aromatic carbocycles. The molecule has 0 aromatic rings. The fraction of sp³-hybridized carbons (Fsp3) is 0.882. The first-order chi connectivity index (χ1) is 8.15. The molecular formula is C17H28O. The van der Waals surface area contributed by atoms with Gasteiger partial charge in [-0.15, -0.1) is 6.42 Å². The Balaban J connectivity index is 2.59. The molecule has 1 N–H and O–H groups in total. The molecule has 2 aliphatic rings. The van der Waals surface area contributed by atoms with Crippen molar-refractivity contribution in [1.29, 1.82) is 0 Å². The van der Waals surface area contributed by atoms with Crippen molar-refractivity contribution < 1.29 is 5.11 Å². The van der Waals surface area contributed by atoms with Crippen molar-refractivity contribution >= 4 is 0 Å². The predicted molar refractivity (Wildman–Crippen MR) is 76.0 cm³/mol. The second kappa shape index (κ2) is 3.76. The third-order valence-corrected chi connectivity index (χ3v) is 7.04. The Morgan fingerprint density at radius 3 is 2.22 bits per heavy atom. The summed E-state index contributed by atoms with van der Waals surface area (Å²) in [6, 6.07) is 0. The molecule has 4 atom stereocenters. The van der Waals surface area contributed by atoms with E-state index in [9.17, 15) is 5.11 Å². The van der Waals surface area contributed by atoms with Gasteiger partial charge in [0.1, 0.15) is 5.60 Å². The quantitative estimate of drug-likeness (QED) is 0.642. The van der Waals surface area contributed by atoms with Gasteiger partial charge in [-0.1, -0.05) is 47.0 Å². The summed E-state index contributed by atoms with van der Waals surface area (Å²) in [5, 5.41) is 11.2. The molecule has 1 heteroatoms. The van der Waals surface area contributed by atoms with Crippen LogP contribution in [0.2, 0.25) is 0 Å². The number of hydrogen-bond acceptors (Lipinski definition) is 1. The number of terminal acetylenes is 1. The molecule has 0 radical (unpaired) electrons. The van der Waals surface area contributed by atoms with Gasteiger partial charge in [0.2, 0.25) is 0 Å². The summed E-state index contributed by atoms with van der Waals surface area (Å²) in [6.45, 7) is 11.4. The van der Waals surface area contributed by atoms with Crippen LogP contribution in [0.5, 0.6) is 0 Å². The molecule has 2 saturated carbocycles. The highest BCUT2D eigenvalue weighted by Crippen LogP contribution is 2.69. The Morgan fingerprint density at radius 1 is 1.06 bits per heavy atom. The standard InChI is InChI=1S/C17H28O/c1-7-17(18)13(2)9-12-15(5)14(3,4)10-8-11-16(15,17)6/h1,13,18H,8-12H2,2-6H3/t13?,15?,16-,17?/m0/s1. The predicted octanol–water partition coefficient (Wildman–Crippen LogP) is 4.00. The molecular weight excluding hydrogens is 220 g/mol. The smallest absolute Gasteiger partial charge is 0.133 e. The molecule has 1 nitrogen and oxygen atoms in total. The van der Waals surface area contributed by atoms with Crippen molar-refractivity contribution in [2.75, 3.05) is 0 Å². The highest BCUT2D eigenvalue weighted by Gasteiger charge is 2.66. The zero-order chi connectivity index (χ0) is 13.8. The second-order valence-electron chi connectivity index (χ2n) is 7.75. The van der Waals surface area contributed by atoms with Crippen molar-refractivity contribution in [3.63, 3.8) is 0 Å². The second-order valence-corrected chi connectivity index (χ2v) is 7.75. The normalized spacial score (nSPS) is 51.3. The van der Waals surface area contributed by atoms with Gasteiger partial charge in [-0.3, -0.25) is 0 Å². The maximum atomic E-state index is 11.2. The summed E-state index contributed by atoms with van der Waals surface area (Å²) in [5.74, 6) is 2.99. The van der Waals surface area contributed by atoms with E-state index in [-0.39, 0.29) is 22.2 Å². The van der Waals surface area contributed by atoms with Crippen molar-refractivity contribution in [3.8, 4) is 12.3 Å². The zero-order valence-electron chi connectivity index (χ0n) is 12.6. The Labute approximate surface area is 112 Å². The Hall–Kier alpha value is -0.480. The fourth-order valence-electron chi connectivity index (χ4n) is 4.97. The lowest BCUT2D eigenvalue weighted by atomic mass is 9.38. The van der Waals surface area contributed by atoms with Crippen LogP contribution in [0.3, 0.4) is 0 Å². The summed E-state index contributed by atoms with van der Waals surface area (Å²) in [4.78, 5) is 0. The molecule has 0 bridgehead atoms. The molecule has 2 fully saturated rings. The highest BCUT2D eigenvalue weighted by atomic mass is 16.3. The maximum absolute atomic E-state index is 11.2. The molecule has 0 aromatic heterocycles. The van der Waals surface area contributed by atoms with E-state index in [1.807, 2.05) is 0 Å². The largest absolute Gasteiger partial charge is 0.377 e. The molecule has 3 unspecified atom stereocenters. The van der Waals surface area contributed by atoms with Crippen LogP contribution in [0.25, 0.3) is 0 Å². The van der Waals surface area contributed by atoms with Gasteiger partial charge in [0, 0.05) is 5.41 Å².